The highest BCUT2D eigenvalue weighted by atomic mass is 16.6. The molecular formula is C16H19NO4. The van der Waals surface area contributed by atoms with Crippen LogP contribution in [0.25, 0.3) is 0 Å². The second-order valence-corrected chi connectivity index (χ2v) is 5.49. The first-order chi connectivity index (χ1) is 9.69. The van der Waals surface area contributed by atoms with E-state index in [1.165, 1.54) is 12.1 Å². The molecule has 0 aromatic heterocycles. The first-order valence-corrected chi connectivity index (χ1v) is 6.49. The Morgan fingerprint density at radius 1 is 1.33 bits per heavy atom. The summed E-state index contributed by atoms with van der Waals surface area (Å²) in [6.45, 7) is 7.31. The lowest BCUT2D eigenvalue weighted by atomic mass is 10.1. The molecule has 1 amide bonds. The number of ether oxygens (including phenoxy) is 1. The second-order valence-electron chi connectivity index (χ2n) is 5.49. The van der Waals surface area contributed by atoms with Gasteiger partial charge in [0.25, 0.3) is 0 Å². The van der Waals surface area contributed by atoms with Gasteiger partial charge in [-0.1, -0.05) is 17.9 Å². The molecule has 0 aliphatic carbocycles. The number of amides is 1. The Labute approximate surface area is 124 Å². The van der Waals surface area contributed by atoms with Gasteiger partial charge >= 0.3 is 12.1 Å². The number of carboxylic acids is 1. The number of carbonyl (C=O) groups excluding carboxylic acids is 1. The van der Waals surface area contributed by atoms with Crippen LogP contribution in [0.4, 0.5) is 4.79 Å². The summed E-state index contributed by atoms with van der Waals surface area (Å²) in [7, 11) is 0. The minimum Gasteiger partial charge on any atom is -0.478 e. The van der Waals surface area contributed by atoms with Crippen molar-refractivity contribution in [1.82, 2.24) is 5.32 Å². The predicted octanol–water partition coefficient (Wildman–Crippen LogP) is 2.57. The van der Waals surface area contributed by atoms with Gasteiger partial charge in [-0.25, -0.2) is 9.59 Å². The number of carbonyl (C=O) groups is 2. The van der Waals surface area contributed by atoms with Crippen LogP contribution in [0.1, 0.15) is 42.3 Å². The number of rotatable bonds is 2. The molecule has 0 saturated carbocycles. The standard InChI is InChI=1S/C16H19NO4/c1-11-7-8-13(14(18)19)10-12(11)6-5-9-17-15(20)21-16(2,3)4/h7-8,10H,9H2,1-4H3,(H,17,20)(H,18,19). The van der Waals surface area contributed by atoms with Gasteiger partial charge < -0.3 is 15.2 Å². The number of alkyl carbamates (subject to hydrolysis) is 1. The molecular weight excluding hydrogens is 270 g/mol. The van der Waals surface area contributed by atoms with Gasteiger partial charge in [-0.05, 0) is 45.4 Å². The molecule has 0 atom stereocenters. The molecule has 0 spiro atoms. The molecule has 0 unspecified atom stereocenters. The topological polar surface area (TPSA) is 75.6 Å². The summed E-state index contributed by atoms with van der Waals surface area (Å²) in [6, 6.07) is 4.74. The SMILES string of the molecule is Cc1ccc(C(=O)O)cc1C#CCNC(=O)OC(C)(C)C. The van der Waals surface area contributed by atoms with E-state index in [-0.39, 0.29) is 12.1 Å². The maximum atomic E-state index is 11.4. The average Bonchev–Trinajstić information content (AvgIpc) is 2.34. The third-order valence-electron chi connectivity index (χ3n) is 2.43. The molecule has 112 valence electrons. The Morgan fingerprint density at radius 2 is 2.00 bits per heavy atom. The summed E-state index contributed by atoms with van der Waals surface area (Å²) in [4.78, 5) is 22.3. The van der Waals surface area contributed by atoms with Crippen LogP contribution >= 0.6 is 0 Å². The Bertz CT molecular complexity index is 603. The van der Waals surface area contributed by atoms with E-state index in [4.69, 9.17) is 9.84 Å². The number of nitrogens with one attached hydrogen (secondary N) is 1. The molecule has 5 heteroatoms. The van der Waals surface area contributed by atoms with Crippen molar-refractivity contribution in [3.63, 3.8) is 0 Å². The van der Waals surface area contributed by atoms with Crippen molar-refractivity contribution in [2.45, 2.75) is 33.3 Å². The van der Waals surface area contributed by atoms with Crippen molar-refractivity contribution in [3.05, 3.63) is 34.9 Å². The van der Waals surface area contributed by atoms with E-state index in [1.54, 1.807) is 26.8 Å². The molecule has 0 bridgehead atoms. The van der Waals surface area contributed by atoms with Crippen LogP contribution < -0.4 is 5.32 Å². The highest BCUT2D eigenvalue weighted by Gasteiger charge is 2.15. The third kappa shape index (κ3) is 6.00. The largest absolute Gasteiger partial charge is 0.478 e. The zero-order valence-electron chi connectivity index (χ0n) is 12.6. The van der Waals surface area contributed by atoms with Crippen molar-refractivity contribution < 1.29 is 19.4 Å². The van der Waals surface area contributed by atoms with Crippen molar-refractivity contribution in [1.29, 1.82) is 0 Å². The molecule has 2 N–H and O–H groups in total. The molecule has 1 aromatic rings. The van der Waals surface area contributed by atoms with Gasteiger partial charge in [-0.2, -0.15) is 0 Å². The zero-order chi connectivity index (χ0) is 16.0. The van der Waals surface area contributed by atoms with E-state index < -0.39 is 17.7 Å². The van der Waals surface area contributed by atoms with Crippen molar-refractivity contribution in [3.8, 4) is 11.8 Å². The van der Waals surface area contributed by atoms with Gasteiger partial charge in [-0.3, -0.25) is 0 Å². The minimum atomic E-state index is -0.995. The smallest absolute Gasteiger partial charge is 0.408 e. The van der Waals surface area contributed by atoms with E-state index >= 15 is 0 Å². The highest BCUT2D eigenvalue weighted by Crippen LogP contribution is 2.10. The summed E-state index contributed by atoms with van der Waals surface area (Å²) < 4.78 is 5.07. The fourth-order valence-electron chi connectivity index (χ4n) is 1.46. The molecule has 1 aromatic carbocycles. The number of carboxylic acid groups (broad SMARTS) is 1. The van der Waals surface area contributed by atoms with Crippen LogP contribution in [0, 0.1) is 18.8 Å². The molecule has 0 saturated heterocycles. The van der Waals surface area contributed by atoms with E-state index in [9.17, 15) is 9.59 Å². The van der Waals surface area contributed by atoms with Crippen molar-refractivity contribution >= 4 is 12.1 Å². The summed E-state index contributed by atoms with van der Waals surface area (Å²) in [5.41, 5.74) is 1.14. The number of benzene rings is 1. The summed E-state index contributed by atoms with van der Waals surface area (Å²) >= 11 is 0. The summed E-state index contributed by atoms with van der Waals surface area (Å²) in [5.74, 6) is 4.62. The Morgan fingerprint density at radius 3 is 2.57 bits per heavy atom. The van der Waals surface area contributed by atoms with Crippen molar-refractivity contribution in [2.75, 3.05) is 6.54 Å². The lowest BCUT2D eigenvalue weighted by molar-refractivity contribution is 0.0534. The molecule has 0 heterocycles. The average molecular weight is 289 g/mol. The minimum absolute atomic E-state index is 0.131. The van der Waals surface area contributed by atoms with Gasteiger partial charge in [-0.15, -0.1) is 0 Å². The molecule has 0 aliphatic heterocycles. The maximum Gasteiger partial charge on any atom is 0.408 e. The van der Waals surface area contributed by atoms with Crippen LogP contribution in [0.15, 0.2) is 18.2 Å². The molecule has 5 nitrogen and oxygen atoms in total. The molecule has 1 rings (SSSR count). The van der Waals surface area contributed by atoms with Crippen LogP contribution in [0.5, 0.6) is 0 Å². The fourth-order valence-corrected chi connectivity index (χ4v) is 1.46. The van der Waals surface area contributed by atoms with E-state index in [0.717, 1.165) is 5.56 Å². The number of hydrogen-bond donors (Lipinski definition) is 2. The number of aryl methyl sites for hydroxylation is 1. The Kier molecular flexibility index (Phi) is 5.37. The monoisotopic (exact) mass is 289 g/mol. The third-order valence-corrected chi connectivity index (χ3v) is 2.43. The van der Waals surface area contributed by atoms with E-state index in [2.05, 4.69) is 17.2 Å². The van der Waals surface area contributed by atoms with Crippen LogP contribution in [-0.2, 0) is 4.74 Å². The summed E-state index contributed by atoms with van der Waals surface area (Å²) in [6.07, 6.45) is -0.534. The quantitative estimate of drug-likeness (QED) is 0.820. The first-order valence-electron chi connectivity index (χ1n) is 6.49. The van der Waals surface area contributed by atoms with Crippen molar-refractivity contribution in [2.24, 2.45) is 0 Å². The van der Waals surface area contributed by atoms with Gasteiger partial charge in [0.2, 0.25) is 0 Å². The summed E-state index contributed by atoms with van der Waals surface area (Å²) in [5, 5.41) is 11.4. The number of hydrogen-bond acceptors (Lipinski definition) is 3. The zero-order valence-corrected chi connectivity index (χ0v) is 12.6. The molecule has 21 heavy (non-hydrogen) atoms. The second kappa shape index (κ2) is 6.80. The van der Waals surface area contributed by atoms with E-state index in [0.29, 0.717) is 5.56 Å². The van der Waals surface area contributed by atoms with Gasteiger partial charge in [0.1, 0.15) is 5.60 Å². The lowest BCUT2D eigenvalue weighted by Crippen LogP contribution is -2.32. The lowest BCUT2D eigenvalue weighted by Gasteiger charge is -2.19. The molecule has 0 aliphatic rings. The van der Waals surface area contributed by atoms with Gasteiger partial charge in [0, 0.05) is 5.56 Å². The maximum absolute atomic E-state index is 11.4. The van der Waals surface area contributed by atoms with Crippen LogP contribution in [0.2, 0.25) is 0 Å². The fraction of sp³-hybridized carbons (Fsp3) is 0.375. The van der Waals surface area contributed by atoms with Crippen LogP contribution in [0.3, 0.4) is 0 Å². The molecule has 0 fully saturated rings. The van der Waals surface area contributed by atoms with Crippen LogP contribution in [-0.4, -0.2) is 29.3 Å². The van der Waals surface area contributed by atoms with Gasteiger partial charge in [0.05, 0.1) is 12.1 Å². The Balaban J connectivity index is 2.65. The van der Waals surface area contributed by atoms with Gasteiger partial charge in [0.15, 0.2) is 0 Å². The number of aromatic carboxylic acids is 1. The molecule has 0 radical (unpaired) electrons. The predicted molar refractivity (Wildman–Crippen MR) is 79.3 cm³/mol. The van der Waals surface area contributed by atoms with E-state index in [1.807, 2.05) is 6.92 Å². The highest BCUT2D eigenvalue weighted by molar-refractivity contribution is 5.88. The first kappa shape index (κ1) is 16.6. The Hall–Kier alpha value is -2.48. The normalized spacial score (nSPS) is 10.3.